The van der Waals surface area contributed by atoms with Crippen LogP contribution in [0.5, 0.6) is 0 Å². The van der Waals surface area contributed by atoms with Crippen LogP contribution in [0.2, 0.25) is 0 Å². The lowest BCUT2D eigenvalue weighted by Crippen LogP contribution is -1.99. The summed E-state index contributed by atoms with van der Waals surface area (Å²) in [6.45, 7) is 0. The van der Waals surface area contributed by atoms with Gasteiger partial charge in [-0.15, -0.1) is 0 Å². The Morgan fingerprint density at radius 2 is 0.647 bits per heavy atom. The van der Waals surface area contributed by atoms with E-state index in [4.69, 9.17) is 21.0 Å². The summed E-state index contributed by atoms with van der Waals surface area (Å²) in [6, 6.07) is 39.7. The van der Waals surface area contributed by atoms with Crippen molar-refractivity contribution >= 4 is 5.78 Å². The molecule has 34 heavy (non-hydrogen) atoms. The number of carbonyl (C=O) groups is 1. The van der Waals surface area contributed by atoms with Crippen LogP contribution in [0.1, 0.15) is 38.2 Å². The van der Waals surface area contributed by atoms with Crippen molar-refractivity contribution in [3.8, 4) is 24.3 Å². The molecule has 5 heteroatoms. The van der Waals surface area contributed by atoms with E-state index in [0.29, 0.717) is 22.3 Å². The first kappa shape index (κ1) is 24.8. The molecule has 0 saturated heterocycles. The highest BCUT2D eigenvalue weighted by Crippen LogP contribution is 2.08. The minimum Gasteiger partial charge on any atom is -0.289 e. The van der Waals surface area contributed by atoms with Crippen LogP contribution >= 0.6 is 0 Å². The van der Waals surface area contributed by atoms with Crippen molar-refractivity contribution in [1.82, 2.24) is 0 Å². The number of hydrogen-bond donors (Lipinski definition) is 0. The highest BCUT2D eigenvalue weighted by Gasteiger charge is 2.06. The Bertz CT molecular complexity index is 1230. The van der Waals surface area contributed by atoms with Gasteiger partial charge in [0.25, 0.3) is 0 Å². The normalized spacial score (nSPS) is 8.59. The van der Waals surface area contributed by atoms with Crippen LogP contribution in [-0.2, 0) is 0 Å². The zero-order chi connectivity index (χ0) is 24.6. The van der Waals surface area contributed by atoms with Crippen LogP contribution in [0.3, 0.4) is 0 Å². The molecule has 0 aliphatic heterocycles. The minimum absolute atomic E-state index is 0.0752. The smallest absolute Gasteiger partial charge is 0.193 e. The van der Waals surface area contributed by atoms with E-state index < -0.39 is 0 Å². The quantitative estimate of drug-likeness (QED) is 0.368. The molecule has 0 aliphatic carbocycles. The second kappa shape index (κ2) is 13.7. The Hall–Kier alpha value is -5.49. The molecule has 0 aromatic heterocycles. The van der Waals surface area contributed by atoms with Crippen LogP contribution < -0.4 is 0 Å². The van der Waals surface area contributed by atoms with Gasteiger partial charge in [0.15, 0.2) is 5.78 Å². The predicted octanol–water partition coefficient (Wildman–Crippen LogP) is 5.78. The summed E-state index contributed by atoms with van der Waals surface area (Å²) in [6.07, 6.45) is 0. The summed E-state index contributed by atoms with van der Waals surface area (Å²) in [5.74, 6) is 0.0752. The number of nitriles is 4. The molecule has 0 fully saturated rings. The molecule has 0 heterocycles. The predicted molar refractivity (Wildman–Crippen MR) is 128 cm³/mol. The number of nitrogens with zero attached hydrogens (tertiary/aromatic N) is 4. The Morgan fingerprint density at radius 1 is 0.412 bits per heavy atom. The van der Waals surface area contributed by atoms with Crippen LogP contribution in [0.4, 0.5) is 0 Å². The summed E-state index contributed by atoms with van der Waals surface area (Å²) < 4.78 is 0. The maximum Gasteiger partial charge on any atom is 0.193 e. The van der Waals surface area contributed by atoms with Gasteiger partial charge in [0, 0.05) is 11.1 Å². The van der Waals surface area contributed by atoms with Crippen LogP contribution in [0.15, 0.2) is 109 Å². The van der Waals surface area contributed by atoms with Crippen molar-refractivity contribution in [3.63, 3.8) is 0 Å². The summed E-state index contributed by atoms with van der Waals surface area (Å²) in [5, 5.41) is 33.8. The van der Waals surface area contributed by atoms with E-state index in [1.165, 1.54) is 0 Å². The second-order valence-electron chi connectivity index (χ2n) is 6.60. The van der Waals surface area contributed by atoms with Crippen molar-refractivity contribution in [2.75, 3.05) is 0 Å². The molecular weight excluding hydrogens is 420 g/mol. The van der Waals surface area contributed by atoms with Crippen LogP contribution in [0, 0.1) is 45.3 Å². The number of hydrogen-bond acceptors (Lipinski definition) is 5. The zero-order valence-corrected chi connectivity index (χ0v) is 18.1. The Labute approximate surface area is 198 Å². The molecule has 4 rings (SSSR count). The number of rotatable bonds is 2. The van der Waals surface area contributed by atoms with E-state index in [9.17, 15) is 4.79 Å². The maximum absolute atomic E-state index is 11.8. The van der Waals surface area contributed by atoms with Crippen molar-refractivity contribution < 1.29 is 4.79 Å². The largest absolute Gasteiger partial charge is 0.289 e. The first-order valence-electron chi connectivity index (χ1n) is 10.1. The fourth-order valence-electron chi connectivity index (χ4n) is 2.70. The van der Waals surface area contributed by atoms with Gasteiger partial charge in [-0.2, -0.15) is 21.0 Å². The van der Waals surface area contributed by atoms with Crippen molar-refractivity contribution in [1.29, 1.82) is 21.0 Å². The first-order valence-corrected chi connectivity index (χ1v) is 10.1. The van der Waals surface area contributed by atoms with Gasteiger partial charge in [-0.1, -0.05) is 84.9 Å². The Morgan fingerprint density at radius 3 is 0.882 bits per heavy atom. The van der Waals surface area contributed by atoms with Crippen molar-refractivity contribution in [2.24, 2.45) is 0 Å². The average Bonchev–Trinajstić information content (AvgIpc) is 2.94. The van der Waals surface area contributed by atoms with Crippen molar-refractivity contribution in [2.45, 2.75) is 0 Å². The minimum atomic E-state index is 0.0752. The molecule has 0 unspecified atom stereocenters. The van der Waals surface area contributed by atoms with E-state index in [2.05, 4.69) is 0 Å². The monoisotopic (exact) mass is 438 g/mol. The summed E-state index contributed by atoms with van der Waals surface area (Å²) >= 11 is 0. The van der Waals surface area contributed by atoms with Crippen LogP contribution in [-0.4, -0.2) is 5.78 Å². The number of benzene rings is 4. The molecule has 0 bridgehead atoms. The van der Waals surface area contributed by atoms with Gasteiger partial charge in [0.05, 0.1) is 22.3 Å². The lowest BCUT2D eigenvalue weighted by molar-refractivity contribution is 0.103. The van der Waals surface area contributed by atoms with E-state index >= 15 is 0 Å². The molecule has 0 amide bonds. The molecular formula is C29H18N4O. The fraction of sp³-hybridized carbons (Fsp3) is 0. The molecule has 0 aliphatic rings. The Kier molecular flexibility index (Phi) is 10.0. The number of ketones is 1. The Balaban J connectivity index is 0.000000185. The van der Waals surface area contributed by atoms with Gasteiger partial charge in [-0.05, 0) is 24.3 Å². The molecule has 0 radical (unpaired) electrons. The molecule has 0 spiro atoms. The van der Waals surface area contributed by atoms with Crippen LogP contribution in [0.25, 0.3) is 0 Å². The third kappa shape index (κ3) is 7.33. The third-order valence-electron chi connectivity index (χ3n) is 4.41. The SMILES string of the molecule is N#Cc1ccccc1C#N.N#Cc1ccccc1C#N.O=C(c1ccccc1)c1ccccc1. The summed E-state index contributed by atoms with van der Waals surface area (Å²) in [5.41, 5.74) is 3.21. The highest BCUT2D eigenvalue weighted by molar-refractivity contribution is 6.08. The van der Waals surface area contributed by atoms with Gasteiger partial charge < -0.3 is 0 Å². The second-order valence-corrected chi connectivity index (χ2v) is 6.60. The molecule has 0 saturated carbocycles. The summed E-state index contributed by atoms with van der Waals surface area (Å²) in [7, 11) is 0. The molecule has 5 nitrogen and oxygen atoms in total. The first-order chi connectivity index (χ1) is 16.6. The highest BCUT2D eigenvalue weighted by atomic mass is 16.1. The third-order valence-corrected chi connectivity index (χ3v) is 4.41. The standard InChI is InChI=1S/C13H10O.2C8H4N2/c14-13(11-7-3-1-4-8-11)12-9-5-2-6-10-12;2*9-5-7-3-1-2-4-8(7)6-10/h1-10H;2*1-4H. The summed E-state index contributed by atoms with van der Waals surface area (Å²) in [4.78, 5) is 11.8. The lowest BCUT2D eigenvalue weighted by atomic mass is 10.0. The average molecular weight is 438 g/mol. The zero-order valence-electron chi connectivity index (χ0n) is 18.1. The van der Waals surface area contributed by atoms with E-state index in [0.717, 1.165) is 11.1 Å². The topological polar surface area (TPSA) is 112 Å². The van der Waals surface area contributed by atoms with E-state index in [1.54, 1.807) is 48.5 Å². The van der Waals surface area contributed by atoms with Crippen molar-refractivity contribution in [3.05, 3.63) is 143 Å². The van der Waals surface area contributed by atoms with Gasteiger partial charge >= 0.3 is 0 Å². The van der Waals surface area contributed by atoms with Gasteiger partial charge in [-0.3, -0.25) is 4.79 Å². The molecule has 4 aromatic rings. The fourth-order valence-corrected chi connectivity index (χ4v) is 2.70. The van der Waals surface area contributed by atoms with Gasteiger partial charge in [0.2, 0.25) is 0 Å². The molecule has 4 aromatic carbocycles. The van der Waals surface area contributed by atoms with Gasteiger partial charge in [0.1, 0.15) is 24.3 Å². The van der Waals surface area contributed by atoms with E-state index in [-0.39, 0.29) is 5.78 Å². The molecule has 0 atom stereocenters. The lowest BCUT2D eigenvalue weighted by Gasteiger charge is -1.99. The molecule has 0 N–H and O–H groups in total. The molecule has 160 valence electrons. The van der Waals surface area contributed by atoms with E-state index in [1.807, 2.05) is 84.9 Å². The maximum atomic E-state index is 11.8. The van der Waals surface area contributed by atoms with Gasteiger partial charge in [-0.25, -0.2) is 0 Å². The number of carbonyl (C=O) groups excluding carboxylic acids is 1.